The van der Waals surface area contributed by atoms with Crippen LogP contribution in [0.1, 0.15) is 49.4 Å². The van der Waals surface area contributed by atoms with E-state index in [9.17, 15) is 4.79 Å². The summed E-state index contributed by atoms with van der Waals surface area (Å²) in [5.41, 5.74) is 0.504. The van der Waals surface area contributed by atoms with Gasteiger partial charge >= 0.3 is 0 Å². The summed E-state index contributed by atoms with van der Waals surface area (Å²) in [6.07, 6.45) is 6.08. The van der Waals surface area contributed by atoms with Crippen molar-refractivity contribution in [2.75, 3.05) is 41.0 Å². The van der Waals surface area contributed by atoms with E-state index in [-0.39, 0.29) is 5.91 Å². The third-order valence-electron chi connectivity index (χ3n) is 5.05. The smallest absolute Gasteiger partial charge is 0.251 e. The molecule has 1 aliphatic rings. The quantitative estimate of drug-likeness (QED) is 0.682. The van der Waals surface area contributed by atoms with E-state index in [4.69, 9.17) is 14.2 Å². The fourth-order valence-electron chi connectivity index (χ4n) is 3.62. The number of carbonyl (C=O) groups is 1. The Morgan fingerprint density at radius 1 is 1.15 bits per heavy atom. The van der Waals surface area contributed by atoms with Crippen LogP contribution in [0.3, 0.4) is 0 Å². The molecule has 1 aromatic rings. The lowest BCUT2D eigenvalue weighted by molar-refractivity contribution is 0.0946. The van der Waals surface area contributed by atoms with E-state index >= 15 is 0 Å². The molecule has 6 nitrogen and oxygen atoms in total. The average Bonchev–Trinajstić information content (AvgIpc) is 2.69. The summed E-state index contributed by atoms with van der Waals surface area (Å²) in [7, 11) is 4.63. The van der Waals surface area contributed by atoms with Crippen molar-refractivity contribution in [1.82, 2.24) is 10.2 Å². The molecule has 0 spiro atoms. The molecular formula is C20H32N2O4. The van der Waals surface area contributed by atoms with Crippen LogP contribution in [0.15, 0.2) is 12.1 Å². The lowest BCUT2D eigenvalue weighted by Crippen LogP contribution is -2.40. The number of rotatable bonds is 9. The summed E-state index contributed by atoms with van der Waals surface area (Å²) >= 11 is 0. The summed E-state index contributed by atoms with van der Waals surface area (Å²) in [6, 6.07) is 4.05. The lowest BCUT2D eigenvalue weighted by atomic mass is 10.00. The predicted octanol–water partition coefficient (Wildman–Crippen LogP) is 3.10. The molecule has 146 valence electrons. The van der Waals surface area contributed by atoms with Crippen molar-refractivity contribution in [3.05, 3.63) is 17.7 Å². The molecule has 0 unspecified atom stereocenters. The Morgan fingerprint density at radius 3 is 2.42 bits per heavy atom. The van der Waals surface area contributed by atoms with Gasteiger partial charge < -0.3 is 24.4 Å². The van der Waals surface area contributed by atoms with Gasteiger partial charge in [0.2, 0.25) is 5.75 Å². The largest absolute Gasteiger partial charge is 0.493 e. The summed E-state index contributed by atoms with van der Waals surface area (Å²) in [5, 5.41) is 2.99. The van der Waals surface area contributed by atoms with Gasteiger partial charge in [0, 0.05) is 24.7 Å². The summed E-state index contributed by atoms with van der Waals surface area (Å²) in [4.78, 5) is 15.0. The molecule has 1 fully saturated rings. The van der Waals surface area contributed by atoms with Crippen molar-refractivity contribution in [2.24, 2.45) is 0 Å². The monoisotopic (exact) mass is 364 g/mol. The number of methoxy groups -OCH3 is 3. The number of nitrogens with one attached hydrogen (secondary N) is 1. The van der Waals surface area contributed by atoms with Crippen LogP contribution >= 0.6 is 0 Å². The maximum absolute atomic E-state index is 12.5. The van der Waals surface area contributed by atoms with Gasteiger partial charge in [0.15, 0.2) is 11.5 Å². The number of nitrogens with zero attached hydrogens (tertiary/aromatic N) is 1. The van der Waals surface area contributed by atoms with Crippen molar-refractivity contribution < 1.29 is 19.0 Å². The summed E-state index contributed by atoms with van der Waals surface area (Å²) < 4.78 is 15.9. The highest BCUT2D eigenvalue weighted by Gasteiger charge is 2.20. The summed E-state index contributed by atoms with van der Waals surface area (Å²) in [5.74, 6) is 1.32. The highest BCUT2D eigenvalue weighted by atomic mass is 16.5. The Hall–Kier alpha value is -1.95. The fourth-order valence-corrected chi connectivity index (χ4v) is 3.62. The Labute approximate surface area is 156 Å². The minimum Gasteiger partial charge on any atom is -0.493 e. The van der Waals surface area contributed by atoms with E-state index in [0.717, 1.165) is 13.0 Å². The van der Waals surface area contributed by atoms with Crippen molar-refractivity contribution in [2.45, 2.75) is 45.1 Å². The first-order valence-corrected chi connectivity index (χ1v) is 9.46. The maximum Gasteiger partial charge on any atom is 0.251 e. The van der Waals surface area contributed by atoms with Crippen molar-refractivity contribution in [3.63, 3.8) is 0 Å². The Kier molecular flexibility index (Phi) is 8.04. The van der Waals surface area contributed by atoms with Crippen LogP contribution in [0, 0.1) is 0 Å². The van der Waals surface area contributed by atoms with Crippen LogP contribution in [0.4, 0.5) is 0 Å². The van der Waals surface area contributed by atoms with Crippen LogP contribution in [0.25, 0.3) is 0 Å². The zero-order chi connectivity index (χ0) is 18.9. The minimum absolute atomic E-state index is 0.130. The van der Waals surface area contributed by atoms with E-state index in [1.165, 1.54) is 32.2 Å². The second kappa shape index (κ2) is 10.3. The predicted molar refractivity (Wildman–Crippen MR) is 103 cm³/mol. The number of benzene rings is 1. The molecule has 6 heteroatoms. The SMILES string of the molecule is CC[C@@H]1CCCCN1CCCNC(=O)c1cc(OC)c(OC)c(OC)c1. The highest BCUT2D eigenvalue weighted by molar-refractivity contribution is 5.95. The first kappa shape index (κ1) is 20.4. The van der Waals surface area contributed by atoms with Crippen molar-refractivity contribution in [3.8, 4) is 17.2 Å². The third-order valence-corrected chi connectivity index (χ3v) is 5.05. The van der Waals surface area contributed by atoms with E-state index in [1.807, 2.05) is 0 Å². The lowest BCUT2D eigenvalue weighted by Gasteiger charge is -2.35. The topological polar surface area (TPSA) is 60.0 Å². The van der Waals surface area contributed by atoms with Gasteiger partial charge in [-0.05, 0) is 44.4 Å². The first-order chi connectivity index (χ1) is 12.6. The zero-order valence-electron chi connectivity index (χ0n) is 16.5. The van der Waals surface area contributed by atoms with Crippen molar-refractivity contribution in [1.29, 1.82) is 0 Å². The molecule has 1 heterocycles. The van der Waals surface area contributed by atoms with Gasteiger partial charge in [-0.25, -0.2) is 0 Å². The molecule has 1 N–H and O–H groups in total. The van der Waals surface area contributed by atoms with Gasteiger partial charge in [-0.1, -0.05) is 13.3 Å². The molecule has 1 aliphatic heterocycles. The number of carbonyl (C=O) groups excluding carboxylic acids is 1. The average molecular weight is 364 g/mol. The van der Waals surface area contributed by atoms with Crippen LogP contribution in [-0.2, 0) is 0 Å². The number of hydrogen-bond acceptors (Lipinski definition) is 5. The van der Waals surface area contributed by atoms with Crippen LogP contribution < -0.4 is 19.5 Å². The first-order valence-electron chi connectivity index (χ1n) is 9.46. The Bertz CT molecular complexity index is 566. The van der Waals surface area contributed by atoms with Crippen LogP contribution in [0.2, 0.25) is 0 Å². The van der Waals surface area contributed by atoms with Crippen LogP contribution in [-0.4, -0.2) is 57.8 Å². The van der Waals surface area contributed by atoms with Gasteiger partial charge in [-0.3, -0.25) is 4.79 Å². The van der Waals surface area contributed by atoms with E-state index < -0.39 is 0 Å². The minimum atomic E-state index is -0.130. The van der Waals surface area contributed by atoms with E-state index in [0.29, 0.717) is 35.4 Å². The molecule has 1 saturated heterocycles. The van der Waals surface area contributed by atoms with E-state index in [1.54, 1.807) is 33.5 Å². The van der Waals surface area contributed by atoms with Gasteiger partial charge in [-0.15, -0.1) is 0 Å². The molecule has 0 saturated carbocycles. The van der Waals surface area contributed by atoms with Gasteiger partial charge in [-0.2, -0.15) is 0 Å². The summed E-state index contributed by atoms with van der Waals surface area (Å²) in [6.45, 7) is 5.13. The van der Waals surface area contributed by atoms with Gasteiger partial charge in [0.1, 0.15) is 0 Å². The molecular weight excluding hydrogens is 332 g/mol. The molecule has 26 heavy (non-hydrogen) atoms. The van der Waals surface area contributed by atoms with E-state index in [2.05, 4.69) is 17.1 Å². The molecule has 0 bridgehead atoms. The van der Waals surface area contributed by atoms with Gasteiger partial charge in [0.25, 0.3) is 5.91 Å². The molecule has 1 atom stereocenters. The number of likely N-dealkylation sites (tertiary alicyclic amines) is 1. The highest BCUT2D eigenvalue weighted by Crippen LogP contribution is 2.38. The number of amides is 1. The molecule has 0 aromatic heterocycles. The molecule has 0 radical (unpaired) electrons. The Balaban J connectivity index is 1.89. The molecule has 0 aliphatic carbocycles. The maximum atomic E-state index is 12.5. The Morgan fingerprint density at radius 2 is 1.85 bits per heavy atom. The second-order valence-electron chi connectivity index (χ2n) is 6.62. The normalized spacial score (nSPS) is 17.6. The third kappa shape index (κ3) is 5.04. The molecule has 1 aromatic carbocycles. The number of piperidine rings is 1. The zero-order valence-corrected chi connectivity index (χ0v) is 16.5. The van der Waals surface area contributed by atoms with Crippen molar-refractivity contribution >= 4 is 5.91 Å². The number of hydrogen-bond donors (Lipinski definition) is 1. The molecule has 2 rings (SSSR count). The van der Waals surface area contributed by atoms with Gasteiger partial charge in [0.05, 0.1) is 21.3 Å². The standard InChI is InChI=1S/C20H32N2O4/c1-5-16-9-6-7-11-22(16)12-8-10-21-20(23)15-13-17(24-2)19(26-4)18(14-15)25-3/h13-14,16H,5-12H2,1-4H3,(H,21,23)/t16-/m1/s1. The van der Waals surface area contributed by atoms with Crippen LogP contribution in [0.5, 0.6) is 17.2 Å². The number of ether oxygens (including phenoxy) is 3. The molecule has 1 amide bonds. The fraction of sp³-hybridized carbons (Fsp3) is 0.650. The second-order valence-corrected chi connectivity index (χ2v) is 6.62.